The predicted octanol–water partition coefficient (Wildman–Crippen LogP) is 4.24. The topological polar surface area (TPSA) is 46.5 Å². The first-order chi connectivity index (χ1) is 10.2. The largest absolute Gasteiger partial charge is 0.493 e. The number of hydrogen-bond acceptors (Lipinski definition) is 2. The van der Waals surface area contributed by atoms with Gasteiger partial charge in [0.05, 0.1) is 6.61 Å². The number of carbonyl (C=O) groups is 1. The van der Waals surface area contributed by atoms with Crippen LogP contribution in [0.1, 0.15) is 12.8 Å². The van der Waals surface area contributed by atoms with Crippen LogP contribution in [0.25, 0.3) is 21.5 Å². The lowest BCUT2D eigenvalue weighted by molar-refractivity contribution is -0.137. The highest BCUT2D eigenvalue weighted by Gasteiger charge is 2.04. The zero-order valence-electron chi connectivity index (χ0n) is 11.6. The summed E-state index contributed by atoms with van der Waals surface area (Å²) in [4.78, 5) is 10.5. The van der Waals surface area contributed by atoms with Gasteiger partial charge in [-0.05, 0) is 40.8 Å². The highest BCUT2D eigenvalue weighted by atomic mass is 16.5. The van der Waals surface area contributed by atoms with E-state index >= 15 is 0 Å². The van der Waals surface area contributed by atoms with E-state index in [1.807, 2.05) is 24.3 Å². The second-order valence-corrected chi connectivity index (χ2v) is 5.02. The molecule has 3 nitrogen and oxygen atoms in total. The highest BCUT2D eigenvalue weighted by Crippen LogP contribution is 2.30. The lowest BCUT2D eigenvalue weighted by Gasteiger charge is -2.10. The molecular formula is C18H16O3. The lowest BCUT2D eigenvalue weighted by Crippen LogP contribution is -2.02. The van der Waals surface area contributed by atoms with Crippen LogP contribution >= 0.6 is 0 Å². The van der Waals surface area contributed by atoms with E-state index in [0.29, 0.717) is 13.0 Å². The van der Waals surface area contributed by atoms with E-state index in [9.17, 15) is 4.79 Å². The Morgan fingerprint density at radius 2 is 1.67 bits per heavy atom. The molecule has 0 heterocycles. The molecule has 0 radical (unpaired) electrons. The van der Waals surface area contributed by atoms with Gasteiger partial charge < -0.3 is 9.84 Å². The zero-order chi connectivity index (χ0) is 14.7. The molecule has 3 aromatic rings. The second-order valence-electron chi connectivity index (χ2n) is 5.02. The Bertz CT molecular complexity index is 793. The fraction of sp³-hybridized carbons (Fsp3) is 0.167. The third-order valence-corrected chi connectivity index (χ3v) is 3.50. The summed E-state index contributed by atoms with van der Waals surface area (Å²) in [6, 6.07) is 18.4. The molecule has 3 rings (SSSR count). The minimum Gasteiger partial charge on any atom is -0.493 e. The average Bonchev–Trinajstić information content (AvgIpc) is 2.49. The van der Waals surface area contributed by atoms with Crippen LogP contribution in [-0.2, 0) is 4.79 Å². The van der Waals surface area contributed by atoms with Gasteiger partial charge in [-0.3, -0.25) is 4.79 Å². The number of rotatable bonds is 5. The maximum atomic E-state index is 10.5. The summed E-state index contributed by atoms with van der Waals surface area (Å²) < 4.78 is 5.76. The van der Waals surface area contributed by atoms with Crippen molar-refractivity contribution < 1.29 is 14.6 Å². The van der Waals surface area contributed by atoms with Gasteiger partial charge in [0.15, 0.2) is 0 Å². The molecule has 0 aliphatic heterocycles. The molecular weight excluding hydrogens is 264 g/mol. The second kappa shape index (κ2) is 5.83. The van der Waals surface area contributed by atoms with Gasteiger partial charge in [0, 0.05) is 11.8 Å². The lowest BCUT2D eigenvalue weighted by atomic mass is 10.0. The van der Waals surface area contributed by atoms with Gasteiger partial charge in [-0.2, -0.15) is 0 Å². The van der Waals surface area contributed by atoms with E-state index < -0.39 is 5.97 Å². The minimum absolute atomic E-state index is 0.133. The normalized spacial score (nSPS) is 10.9. The standard InChI is InChI=1S/C18H16O3/c19-18(20)9-4-10-21-17-8-3-7-15-11-13-5-1-2-6-14(13)12-16(15)17/h1-3,5-8,11-12H,4,9-10H2,(H,19,20). The summed E-state index contributed by atoms with van der Waals surface area (Å²) in [5.74, 6) is 0.0196. The number of hydrogen-bond donors (Lipinski definition) is 1. The average molecular weight is 280 g/mol. The number of carboxylic acid groups (broad SMARTS) is 1. The summed E-state index contributed by atoms with van der Waals surface area (Å²) >= 11 is 0. The highest BCUT2D eigenvalue weighted by molar-refractivity contribution is 6.00. The first-order valence-electron chi connectivity index (χ1n) is 7.00. The molecule has 0 aromatic heterocycles. The van der Waals surface area contributed by atoms with Crippen LogP contribution in [0.15, 0.2) is 54.6 Å². The number of fused-ring (bicyclic) bond motifs is 2. The zero-order valence-corrected chi connectivity index (χ0v) is 11.6. The number of ether oxygens (including phenoxy) is 1. The quantitative estimate of drug-likeness (QED) is 0.561. The van der Waals surface area contributed by atoms with Crippen LogP contribution in [-0.4, -0.2) is 17.7 Å². The van der Waals surface area contributed by atoms with Gasteiger partial charge in [-0.1, -0.05) is 36.4 Å². The van der Waals surface area contributed by atoms with E-state index in [1.165, 1.54) is 10.8 Å². The maximum Gasteiger partial charge on any atom is 0.303 e. The molecule has 0 saturated heterocycles. The Morgan fingerprint density at radius 1 is 0.952 bits per heavy atom. The van der Waals surface area contributed by atoms with Crippen molar-refractivity contribution in [3.8, 4) is 5.75 Å². The Kier molecular flexibility index (Phi) is 3.73. The molecule has 21 heavy (non-hydrogen) atoms. The van der Waals surface area contributed by atoms with E-state index in [2.05, 4.69) is 30.3 Å². The van der Waals surface area contributed by atoms with E-state index in [-0.39, 0.29) is 6.42 Å². The summed E-state index contributed by atoms with van der Waals surface area (Å²) in [6.07, 6.45) is 0.646. The van der Waals surface area contributed by atoms with Crippen molar-refractivity contribution in [2.24, 2.45) is 0 Å². The molecule has 106 valence electrons. The van der Waals surface area contributed by atoms with Crippen LogP contribution in [0.3, 0.4) is 0 Å². The first-order valence-corrected chi connectivity index (χ1v) is 7.00. The van der Waals surface area contributed by atoms with Crippen LogP contribution in [0, 0.1) is 0 Å². The molecule has 1 N–H and O–H groups in total. The first kappa shape index (κ1) is 13.4. The van der Waals surface area contributed by atoms with Gasteiger partial charge in [0.2, 0.25) is 0 Å². The monoisotopic (exact) mass is 280 g/mol. The van der Waals surface area contributed by atoms with Crippen molar-refractivity contribution in [2.45, 2.75) is 12.8 Å². The molecule has 3 aromatic carbocycles. The predicted molar refractivity (Wildman–Crippen MR) is 83.8 cm³/mol. The van der Waals surface area contributed by atoms with E-state index in [0.717, 1.165) is 16.5 Å². The van der Waals surface area contributed by atoms with Crippen molar-refractivity contribution in [3.05, 3.63) is 54.6 Å². The number of carboxylic acids is 1. The smallest absolute Gasteiger partial charge is 0.303 e. The van der Waals surface area contributed by atoms with Gasteiger partial charge >= 0.3 is 5.97 Å². The third kappa shape index (κ3) is 2.97. The molecule has 0 unspecified atom stereocenters. The van der Waals surface area contributed by atoms with Gasteiger partial charge in [0.1, 0.15) is 5.75 Å². The summed E-state index contributed by atoms with van der Waals surface area (Å²) in [5.41, 5.74) is 0. The SMILES string of the molecule is O=C(O)CCCOc1cccc2cc3ccccc3cc12. The number of benzene rings is 3. The van der Waals surface area contributed by atoms with Crippen molar-refractivity contribution in [2.75, 3.05) is 6.61 Å². The molecule has 0 amide bonds. The van der Waals surface area contributed by atoms with E-state index in [1.54, 1.807) is 0 Å². The van der Waals surface area contributed by atoms with Crippen LogP contribution in [0.5, 0.6) is 5.75 Å². The summed E-state index contributed by atoms with van der Waals surface area (Å²) in [7, 11) is 0. The number of aliphatic carboxylic acids is 1. The fourth-order valence-corrected chi connectivity index (χ4v) is 2.47. The Morgan fingerprint density at radius 3 is 2.43 bits per heavy atom. The third-order valence-electron chi connectivity index (χ3n) is 3.50. The van der Waals surface area contributed by atoms with Gasteiger partial charge in [-0.25, -0.2) is 0 Å². The molecule has 0 saturated carbocycles. The molecule has 0 fully saturated rings. The van der Waals surface area contributed by atoms with Crippen LogP contribution in [0.2, 0.25) is 0 Å². The summed E-state index contributed by atoms with van der Waals surface area (Å²) in [5, 5.41) is 13.2. The van der Waals surface area contributed by atoms with Crippen LogP contribution in [0.4, 0.5) is 0 Å². The fourth-order valence-electron chi connectivity index (χ4n) is 2.47. The molecule has 3 heteroatoms. The summed E-state index contributed by atoms with van der Waals surface area (Å²) in [6.45, 7) is 0.415. The van der Waals surface area contributed by atoms with Gasteiger partial charge in [0.25, 0.3) is 0 Å². The minimum atomic E-state index is -0.789. The van der Waals surface area contributed by atoms with Crippen LogP contribution < -0.4 is 4.74 Å². The van der Waals surface area contributed by atoms with Crippen molar-refractivity contribution >= 4 is 27.5 Å². The van der Waals surface area contributed by atoms with Crippen molar-refractivity contribution in [1.29, 1.82) is 0 Å². The molecule has 0 spiro atoms. The van der Waals surface area contributed by atoms with Crippen molar-refractivity contribution in [1.82, 2.24) is 0 Å². The van der Waals surface area contributed by atoms with Gasteiger partial charge in [-0.15, -0.1) is 0 Å². The van der Waals surface area contributed by atoms with E-state index in [4.69, 9.17) is 9.84 Å². The Hall–Kier alpha value is -2.55. The van der Waals surface area contributed by atoms with Crippen molar-refractivity contribution in [3.63, 3.8) is 0 Å². The molecule has 0 aliphatic carbocycles. The maximum absolute atomic E-state index is 10.5. The Labute approximate surface area is 122 Å². The molecule has 0 aliphatic rings. The molecule has 0 bridgehead atoms. The molecule has 0 atom stereocenters. The Balaban J connectivity index is 1.91.